The van der Waals surface area contributed by atoms with Crippen LogP contribution in [0.5, 0.6) is 5.75 Å². The topological polar surface area (TPSA) is 121 Å². The number of nitrogens with zero attached hydrogens (tertiary/aromatic N) is 6. The van der Waals surface area contributed by atoms with E-state index in [0.29, 0.717) is 58.4 Å². The minimum atomic E-state index is -3.73. The van der Waals surface area contributed by atoms with Gasteiger partial charge in [-0.15, -0.1) is 5.10 Å². The molecule has 0 spiro atoms. The molecule has 7 rings (SSSR count). The highest BCUT2D eigenvalue weighted by molar-refractivity contribution is 7.89. The predicted molar refractivity (Wildman–Crippen MR) is 176 cm³/mol. The van der Waals surface area contributed by atoms with Crippen molar-refractivity contribution in [3.63, 3.8) is 0 Å². The Labute approximate surface area is 268 Å². The largest absolute Gasteiger partial charge is 0.497 e. The van der Waals surface area contributed by atoms with Crippen LogP contribution in [0.25, 0.3) is 40.1 Å². The van der Waals surface area contributed by atoms with E-state index in [1.165, 1.54) is 20.2 Å². The molecule has 13 heteroatoms. The van der Waals surface area contributed by atoms with E-state index >= 15 is 0 Å². The van der Waals surface area contributed by atoms with Crippen LogP contribution in [0.4, 0.5) is 0 Å². The first-order valence-corrected chi connectivity index (χ1v) is 16.7. The molecule has 0 aliphatic carbocycles. The number of hydrogen-bond donors (Lipinski definition) is 0. The molecule has 0 atom stereocenters. The monoisotopic (exact) mass is 652 g/mol. The first-order valence-electron chi connectivity index (χ1n) is 14.5. The third-order valence-electron chi connectivity index (χ3n) is 7.50. The number of rotatable bonds is 8. The molecule has 0 bridgehead atoms. The number of ether oxygens (including phenoxy) is 2. The molecule has 46 heavy (non-hydrogen) atoms. The number of benzene rings is 3. The Hall–Kier alpha value is -4.95. The van der Waals surface area contributed by atoms with Gasteiger partial charge in [-0.05, 0) is 54.1 Å². The summed E-state index contributed by atoms with van der Waals surface area (Å²) < 4.78 is 42.3. The first kappa shape index (κ1) is 29.7. The zero-order valence-electron chi connectivity index (χ0n) is 24.7. The summed E-state index contributed by atoms with van der Waals surface area (Å²) in [4.78, 5) is 18.6. The fourth-order valence-electron chi connectivity index (χ4n) is 5.12. The van der Waals surface area contributed by atoms with Crippen LogP contribution in [0, 0.1) is 0 Å². The van der Waals surface area contributed by atoms with Crippen molar-refractivity contribution in [2.45, 2.75) is 4.90 Å². The number of aromatic nitrogens is 5. The van der Waals surface area contributed by atoms with Crippen LogP contribution in [0.3, 0.4) is 0 Å². The molecule has 1 aliphatic rings. The molecule has 6 aromatic rings. The van der Waals surface area contributed by atoms with Gasteiger partial charge in [0.15, 0.2) is 5.82 Å². The van der Waals surface area contributed by atoms with Gasteiger partial charge in [-0.2, -0.15) is 18.9 Å². The van der Waals surface area contributed by atoms with Crippen LogP contribution in [0.1, 0.15) is 17.0 Å². The molecule has 0 radical (unpaired) electrons. The lowest BCUT2D eigenvalue weighted by molar-refractivity contribution is 0.0730. The average Bonchev–Trinajstić information content (AvgIpc) is 3.79. The lowest BCUT2D eigenvalue weighted by Crippen LogP contribution is -2.40. The summed E-state index contributed by atoms with van der Waals surface area (Å²) in [7, 11) is -2.11. The van der Waals surface area contributed by atoms with E-state index in [-0.39, 0.29) is 10.5 Å². The number of fused-ring (bicyclic) bond motifs is 1. The van der Waals surface area contributed by atoms with Crippen molar-refractivity contribution in [2.75, 3.05) is 33.4 Å². The highest BCUT2D eigenvalue weighted by Gasteiger charge is 2.27. The van der Waals surface area contributed by atoms with Crippen LogP contribution in [0.15, 0.2) is 94.7 Å². The third-order valence-corrected chi connectivity index (χ3v) is 10.4. The normalized spacial score (nSPS) is 14.8. The van der Waals surface area contributed by atoms with Crippen molar-refractivity contribution >= 4 is 44.5 Å². The standard InChI is InChI=1S/C33H28N6O5S2/c1-43-27-13-10-23(11-14-27)12-15-30-34-33-39(35-30)32(40)29(45-33)21-25-22-38(26-7-3-2-4-8-26)36-31(25)24-6-5-9-28(20-24)46(41,42)37-16-18-44-19-17-37/h2-15,20-22H,16-19H2,1H3/b15-12+,29-21-. The van der Waals surface area contributed by atoms with Gasteiger partial charge in [0.1, 0.15) is 11.4 Å². The number of hydrogen-bond acceptors (Lipinski definition) is 9. The molecule has 0 amide bonds. The lowest BCUT2D eigenvalue weighted by Gasteiger charge is -2.26. The van der Waals surface area contributed by atoms with Crippen LogP contribution >= 0.6 is 11.3 Å². The minimum absolute atomic E-state index is 0.172. The maximum Gasteiger partial charge on any atom is 0.291 e. The smallest absolute Gasteiger partial charge is 0.291 e. The van der Waals surface area contributed by atoms with Gasteiger partial charge in [0.25, 0.3) is 5.56 Å². The molecular formula is C33H28N6O5S2. The van der Waals surface area contributed by atoms with Crippen molar-refractivity contribution in [1.29, 1.82) is 0 Å². The van der Waals surface area contributed by atoms with Gasteiger partial charge in [-0.3, -0.25) is 4.79 Å². The van der Waals surface area contributed by atoms with Gasteiger partial charge in [0.2, 0.25) is 15.0 Å². The van der Waals surface area contributed by atoms with Gasteiger partial charge in [-0.25, -0.2) is 13.1 Å². The zero-order valence-corrected chi connectivity index (χ0v) is 26.3. The number of methoxy groups -OCH3 is 1. The first-order chi connectivity index (χ1) is 22.4. The number of thiazole rings is 1. The van der Waals surface area contributed by atoms with E-state index in [1.807, 2.05) is 72.9 Å². The summed E-state index contributed by atoms with van der Waals surface area (Å²) in [6.45, 7) is 1.31. The van der Waals surface area contributed by atoms with Gasteiger partial charge in [0, 0.05) is 30.4 Å². The molecule has 0 saturated carbocycles. The van der Waals surface area contributed by atoms with Crippen LogP contribution in [-0.2, 0) is 14.8 Å². The van der Waals surface area contributed by atoms with Gasteiger partial charge in [-0.1, -0.05) is 59.9 Å². The van der Waals surface area contributed by atoms with Crippen molar-refractivity contribution < 1.29 is 17.9 Å². The molecule has 0 unspecified atom stereocenters. The Morgan fingerprint density at radius 2 is 1.72 bits per heavy atom. The van der Waals surface area contributed by atoms with Crippen molar-refractivity contribution in [3.05, 3.63) is 117 Å². The minimum Gasteiger partial charge on any atom is -0.497 e. The molecular weight excluding hydrogens is 625 g/mol. The summed E-state index contributed by atoms with van der Waals surface area (Å²) in [5.41, 5.74) is 3.24. The van der Waals surface area contributed by atoms with E-state index in [4.69, 9.17) is 14.6 Å². The van der Waals surface area contributed by atoms with Crippen molar-refractivity contribution in [2.24, 2.45) is 0 Å². The Kier molecular flexibility index (Phi) is 8.05. The van der Waals surface area contributed by atoms with Crippen LogP contribution in [-0.4, -0.2) is 70.5 Å². The summed E-state index contributed by atoms with van der Waals surface area (Å²) in [6.07, 6.45) is 7.20. The molecule has 3 aromatic heterocycles. The fraction of sp³-hybridized carbons (Fsp3) is 0.152. The quantitative estimate of drug-likeness (QED) is 0.244. The molecule has 3 aromatic carbocycles. The highest BCUT2D eigenvalue weighted by atomic mass is 32.2. The Morgan fingerprint density at radius 3 is 2.46 bits per heavy atom. The molecule has 0 N–H and O–H groups in total. The Morgan fingerprint density at radius 1 is 0.935 bits per heavy atom. The number of para-hydroxylation sites is 1. The van der Waals surface area contributed by atoms with E-state index in [9.17, 15) is 13.2 Å². The summed E-state index contributed by atoms with van der Waals surface area (Å²) in [6, 6.07) is 23.9. The van der Waals surface area contributed by atoms with Gasteiger partial charge in [0.05, 0.1) is 35.4 Å². The van der Waals surface area contributed by atoms with Gasteiger partial charge >= 0.3 is 0 Å². The summed E-state index contributed by atoms with van der Waals surface area (Å²) in [5, 5.41) is 9.25. The molecule has 232 valence electrons. The second-order valence-electron chi connectivity index (χ2n) is 10.4. The maximum atomic E-state index is 13.5. The van der Waals surface area contributed by atoms with E-state index in [0.717, 1.165) is 17.0 Å². The van der Waals surface area contributed by atoms with E-state index in [2.05, 4.69) is 10.1 Å². The summed E-state index contributed by atoms with van der Waals surface area (Å²) in [5.74, 6) is 1.18. The molecule has 1 fully saturated rings. The number of morpholine rings is 1. The second kappa shape index (κ2) is 12.4. The van der Waals surface area contributed by atoms with Gasteiger partial charge < -0.3 is 9.47 Å². The maximum absolute atomic E-state index is 13.5. The third kappa shape index (κ3) is 5.88. The lowest BCUT2D eigenvalue weighted by atomic mass is 10.1. The molecule has 1 aliphatic heterocycles. The molecule has 11 nitrogen and oxygen atoms in total. The fourth-order valence-corrected chi connectivity index (χ4v) is 7.48. The van der Waals surface area contributed by atoms with E-state index < -0.39 is 10.0 Å². The average molecular weight is 653 g/mol. The summed E-state index contributed by atoms with van der Waals surface area (Å²) >= 11 is 1.22. The molecule has 4 heterocycles. The SMILES string of the molecule is COc1ccc(/C=C/c2nc3s/c(=C\c4cn(-c5ccccc5)nc4-c4cccc(S(=O)(=O)N5CCOCC5)c4)c(=O)n3n2)cc1. The second-order valence-corrected chi connectivity index (χ2v) is 13.4. The van der Waals surface area contributed by atoms with Crippen LogP contribution in [0.2, 0.25) is 0 Å². The number of sulfonamides is 1. The van der Waals surface area contributed by atoms with Crippen molar-refractivity contribution in [3.8, 4) is 22.7 Å². The Balaban J connectivity index is 1.27. The van der Waals surface area contributed by atoms with Crippen LogP contribution < -0.4 is 14.8 Å². The van der Waals surface area contributed by atoms with E-state index in [1.54, 1.807) is 42.1 Å². The molecule has 1 saturated heterocycles. The Bertz CT molecular complexity index is 2270. The van der Waals surface area contributed by atoms with Crippen molar-refractivity contribution in [1.82, 2.24) is 28.7 Å². The predicted octanol–water partition coefficient (Wildman–Crippen LogP) is 3.75. The highest BCUT2D eigenvalue weighted by Crippen LogP contribution is 2.28. The zero-order chi connectivity index (χ0) is 31.7.